The molecule has 0 amide bonds. The van der Waals surface area contributed by atoms with Crippen LogP contribution in [0.25, 0.3) is 10.2 Å². The Morgan fingerprint density at radius 1 is 1.39 bits per heavy atom. The molecule has 3 N–H and O–H groups in total. The molecule has 0 aliphatic heterocycles. The molecule has 3 aromatic heterocycles. The highest BCUT2D eigenvalue weighted by Crippen LogP contribution is 2.32. The summed E-state index contributed by atoms with van der Waals surface area (Å²) < 4.78 is 6.32. The van der Waals surface area contributed by atoms with Crippen LogP contribution in [-0.4, -0.2) is 16.0 Å². The van der Waals surface area contributed by atoms with Crippen LogP contribution in [0.5, 0.6) is 0 Å². The minimum atomic E-state index is 0.131. The van der Waals surface area contributed by atoms with Crippen molar-refractivity contribution in [2.75, 3.05) is 5.32 Å². The Morgan fingerprint density at radius 2 is 2.22 bits per heavy atom. The van der Waals surface area contributed by atoms with Crippen molar-refractivity contribution in [2.24, 2.45) is 11.7 Å². The largest absolute Gasteiger partial charge is 0.467 e. The highest BCUT2D eigenvalue weighted by Gasteiger charge is 2.15. The summed E-state index contributed by atoms with van der Waals surface area (Å²) in [5.74, 6) is 2.00. The van der Waals surface area contributed by atoms with E-state index in [1.165, 1.54) is 4.88 Å². The molecule has 0 aliphatic carbocycles. The first-order valence-corrected chi connectivity index (χ1v) is 8.70. The number of anilines is 1. The summed E-state index contributed by atoms with van der Waals surface area (Å²) in [6, 6.07) is 5.95. The quantitative estimate of drug-likeness (QED) is 0.655. The number of hydrogen-bond donors (Lipinski definition) is 2. The van der Waals surface area contributed by atoms with E-state index in [4.69, 9.17) is 21.8 Å². The minimum Gasteiger partial charge on any atom is -0.467 e. The second kappa shape index (κ2) is 6.86. The number of halogens is 1. The van der Waals surface area contributed by atoms with Crippen LogP contribution in [0.15, 0.2) is 28.9 Å². The summed E-state index contributed by atoms with van der Waals surface area (Å²) in [6.45, 7) is 4.81. The van der Waals surface area contributed by atoms with Crippen molar-refractivity contribution < 1.29 is 4.42 Å². The fourth-order valence-electron chi connectivity index (χ4n) is 2.22. The molecule has 0 bridgehead atoms. The number of nitrogens with zero attached hydrogens (tertiary/aromatic N) is 2. The molecule has 1 atom stereocenters. The van der Waals surface area contributed by atoms with Crippen LogP contribution >= 0.6 is 22.9 Å². The number of rotatable bonds is 6. The topological polar surface area (TPSA) is 77.0 Å². The van der Waals surface area contributed by atoms with Gasteiger partial charge in [-0.25, -0.2) is 4.98 Å². The molecule has 7 heteroatoms. The Hall–Kier alpha value is -1.63. The predicted octanol–water partition coefficient (Wildman–Crippen LogP) is 4.08. The first-order valence-electron chi connectivity index (χ1n) is 7.50. The van der Waals surface area contributed by atoms with Gasteiger partial charge in [-0.1, -0.05) is 13.8 Å². The van der Waals surface area contributed by atoms with Gasteiger partial charge >= 0.3 is 0 Å². The molecule has 23 heavy (non-hydrogen) atoms. The molecule has 5 nitrogen and oxygen atoms in total. The third kappa shape index (κ3) is 3.83. The average Bonchev–Trinajstić information content (AvgIpc) is 3.13. The van der Waals surface area contributed by atoms with E-state index in [2.05, 4.69) is 29.1 Å². The number of fused-ring (bicyclic) bond motifs is 1. The van der Waals surface area contributed by atoms with Crippen molar-refractivity contribution in [1.29, 1.82) is 0 Å². The van der Waals surface area contributed by atoms with E-state index in [1.807, 2.05) is 18.2 Å². The highest BCUT2D eigenvalue weighted by molar-refractivity contribution is 7.19. The second-order valence-corrected chi connectivity index (χ2v) is 7.29. The van der Waals surface area contributed by atoms with Crippen LogP contribution in [0, 0.1) is 5.92 Å². The highest BCUT2D eigenvalue weighted by atomic mass is 35.5. The third-order valence-electron chi connectivity index (χ3n) is 3.70. The van der Waals surface area contributed by atoms with Gasteiger partial charge in [-0.15, -0.1) is 11.3 Å². The SMILES string of the molecule is CC(C)[C@H](N)Cc1cc2nc(Cl)nc(NCc3ccco3)c2s1. The fourth-order valence-corrected chi connectivity index (χ4v) is 3.53. The van der Waals surface area contributed by atoms with E-state index < -0.39 is 0 Å². The van der Waals surface area contributed by atoms with Crippen molar-refractivity contribution >= 4 is 39.0 Å². The van der Waals surface area contributed by atoms with Crippen LogP contribution in [-0.2, 0) is 13.0 Å². The van der Waals surface area contributed by atoms with Crippen LogP contribution in [0.4, 0.5) is 5.82 Å². The molecule has 0 unspecified atom stereocenters. The van der Waals surface area contributed by atoms with Crippen LogP contribution in [0.3, 0.4) is 0 Å². The maximum Gasteiger partial charge on any atom is 0.224 e. The summed E-state index contributed by atoms with van der Waals surface area (Å²) in [7, 11) is 0. The zero-order valence-electron chi connectivity index (χ0n) is 13.0. The summed E-state index contributed by atoms with van der Waals surface area (Å²) in [5, 5.41) is 3.50. The van der Waals surface area contributed by atoms with E-state index in [0.29, 0.717) is 12.5 Å². The lowest BCUT2D eigenvalue weighted by molar-refractivity contribution is 0.493. The maximum atomic E-state index is 6.18. The van der Waals surface area contributed by atoms with Gasteiger partial charge in [-0.05, 0) is 42.1 Å². The Balaban J connectivity index is 1.86. The normalized spacial score (nSPS) is 12.9. The minimum absolute atomic E-state index is 0.131. The number of aromatic nitrogens is 2. The van der Waals surface area contributed by atoms with Crippen molar-refractivity contribution in [3.05, 3.63) is 40.4 Å². The first-order chi connectivity index (χ1) is 11.0. The number of nitrogens with two attached hydrogens (primary N) is 1. The molecule has 0 aromatic carbocycles. The smallest absolute Gasteiger partial charge is 0.224 e. The lowest BCUT2D eigenvalue weighted by Gasteiger charge is -2.13. The third-order valence-corrected chi connectivity index (χ3v) is 5.02. The molecule has 3 heterocycles. The fraction of sp³-hybridized carbons (Fsp3) is 0.375. The molecule has 3 rings (SSSR count). The zero-order chi connectivity index (χ0) is 16.4. The number of thiophene rings is 1. The van der Waals surface area contributed by atoms with E-state index in [-0.39, 0.29) is 11.3 Å². The summed E-state index contributed by atoms with van der Waals surface area (Å²) in [6.07, 6.45) is 2.48. The van der Waals surface area contributed by atoms with E-state index >= 15 is 0 Å². The zero-order valence-corrected chi connectivity index (χ0v) is 14.6. The molecule has 0 spiro atoms. The van der Waals surface area contributed by atoms with E-state index in [0.717, 1.165) is 28.2 Å². The van der Waals surface area contributed by atoms with E-state index in [9.17, 15) is 0 Å². The lowest BCUT2D eigenvalue weighted by atomic mass is 10.0. The second-order valence-electron chi connectivity index (χ2n) is 5.81. The first kappa shape index (κ1) is 16.2. The monoisotopic (exact) mass is 350 g/mol. The van der Waals surface area contributed by atoms with Crippen LogP contribution in [0.1, 0.15) is 24.5 Å². The maximum absolute atomic E-state index is 6.18. The summed E-state index contributed by atoms with van der Waals surface area (Å²) in [4.78, 5) is 9.82. The number of hydrogen-bond acceptors (Lipinski definition) is 6. The molecule has 3 aromatic rings. The van der Waals surface area contributed by atoms with Crippen molar-refractivity contribution in [2.45, 2.75) is 32.9 Å². The molecule has 0 saturated heterocycles. The van der Waals surface area contributed by atoms with Crippen molar-refractivity contribution in [3.8, 4) is 0 Å². The Kier molecular flexibility index (Phi) is 4.84. The molecule has 122 valence electrons. The van der Waals surface area contributed by atoms with Gasteiger partial charge in [-0.2, -0.15) is 4.98 Å². The van der Waals surface area contributed by atoms with Crippen molar-refractivity contribution in [3.63, 3.8) is 0 Å². The standard InChI is InChI=1S/C16H19ClN4OS/c1-9(2)12(18)6-11-7-13-14(23-11)15(21-16(17)20-13)19-8-10-4-3-5-22-10/h3-5,7,9,12H,6,8,18H2,1-2H3,(H,19,20,21)/t12-/m1/s1. The van der Waals surface area contributed by atoms with Gasteiger partial charge in [0, 0.05) is 10.9 Å². The van der Waals surface area contributed by atoms with Gasteiger partial charge in [-0.3, -0.25) is 0 Å². The molecule has 0 aliphatic rings. The Bertz CT molecular complexity index is 785. The molecular formula is C16H19ClN4OS. The molecular weight excluding hydrogens is 332 g/mol. The number of nitrogens with one attached hydrogen (secondary N) is 1. The molecule has 0 saturated carbocycles. The Morgan fingerprint density at radius 3 is 2.91 bits per heavy atom. The van der Waals surface area contributed by atoms with Gasteiger partial charge in [0.15, 0.2) is 0 Å². The van der Waals surface area contributed by atoms with Gasteiger partial charge in [0.05, 0.1) is 23.0 Å². The molecule has 0 radical (unpaired) electrons. The van der Waals surface area contributed by atoms with E-state index in [1.54, 1.807) is 17.6 Å². The predicted molar refractivity (Wildman–Crippen MR) is 95.0 cm³/mol. The van der Waals surface area contributed by atoms with Gasteiger partial charge in [0.1, 0.15) is 11.6 Å². The van der Waals surface area contributed by atoms with Crippen molar-refractivity contribution in [1.82, 2.24) is 9.97 Å². The molecule has 0 fully saturated rings. The summed E-state index contributed by atoms with van der Waals surface area (Å²) >= 11 is 7.70. The average molecular weight is 351 g/mol. The van der Waals surface area contributed by atoms with Crippen LogP contribution < -0.4 is 11.1 Å². The number of furan rings is 1. The van der Waals surface area contributed by atoms with Gasteiger partial charge in [0.25, 0.3) is 0 Å². The lowest BCUT2D eigenvalue weighted by Crippen LogP contribution is -2.28. The van der Waals surface area contributed by atoms with Gasteiger partial charge < -0.3 is 15.5 Å². The van der Waals surface area contributed by atoms with Gasteiger partial charge in [0.2, 0.25) is 5.28 Å². The van der Waals surface area contributed by atoms with Crippen LogP contribution in [0.2, 0.25) is 5.28 Å². The Labute approximate surface area is 143 Å². The summed E-state index contributed by atoms with van der Waals surface area (Å²) in [5.41, 5.74) is 7.03.